The van der Waals surface area contributed by atoms with Crippen molar-refractivity contribution in [3.8, 4) is 5.69 Å². The number of hydrogen-bond donors (Lipinski definition) is 2. The third-order valence-electron chi connectivity index (χ3n) is 3.71. The number of nitrogens with two attached hydrogens (primary N) is 1. The van der Waals surface area contributed by atoms with Gasteiger partial charge in [-0.15, -0.1) is 0 Å². The number of anilines is 1. The van der Waals surface area contributed by atoms with Crippen LogP contribution in [-0.2, 0) is 4.79 Å². The monoisotopic (exact) mass is 320 g/mol. The smallest absolute Gasteiger partial charge is 0.264 e. The third-order valence-corrected chi connectivity index (χ3v) is 3.71. The van der Waals surface area contributed by atoms with Gasteiger partial charge in [-0.25, -0.2) is 4.68 Å². The summed E-state index contributed by atoms with van der Waals surface area (Å²) in [6.07, 6.45) is 3.03. The molecule has 0 spiro atoms. The van der Waals surface area contributed by atoms with Gasteiger partial charge >= 0.3 is 0 Å². The summed E-state index contributed by atoms with van der Waals surface area (Å²) in [6, 6.07) is 12.6. The van der Waals surface area contributed by atoms with Crippen molar-refractivity contribution in [2.45, 2.75) is 0 Å². The molecule has 1 aliphatic heterocycles. The van der Waals surface area contributed by atoms with Crippen molar-refractivity contribution in [1.82, 2.24) is 15.1 Å². The Morgan fingerprint density at radius 1 is 1.08 bits per heavy atom. The number of carbonyl (C=O) groups excluding carboxylic acids is 2. The predicted molar refractivity (Wildman–Crippen MR) is 87.0 cm³/mol. The average molecular weight is 320 g/mol. The topological polar surface area (TPSA) is 103 Å². The fourth-order valence-electron chi connectivity index (χ4n) is 2.60. The van der Waals surface area contributed by atoms with E-state index in [1.807, 2.05) is 30.3 Å². The molecule has 1 aliphatic rings. The Kier molecular flexibility index (Phi) is 3.06. The number of furan rings is 1. The van der Waals surface area contributed by atoms with Gasteiger partial charge < -0.3 is 10.2 Å². The molecule has 4 rings (SSSR count). The van der Waals surface area contributed by atoms with Gasteiger partial charge in [0, 0.05) is 0 Å². The van der Waals surface area contributed by atoms with Crippen molar-refractivity contribution < 1.29 is 14.0 Å². The summed E-state index contributed by atoms with van der Waals surface area (Å²) in [7, 11) is 0. The summed E-state index contributed by atoms with van der Waals surface area (Å²) < 4.78 is 6.68. The normalized spacial score (nSPS) is 15.4. The number of rotatable bonds is 2. The van der Waals surface area contributed by atoms with Crippen LogP contribution in [0.15, 0.2) is 53.1 Å². The highest BCUT2D eigenvalue weighted by Crippen LogP contribution is 2.30. The summed E-state index contributed by atoms with van der Waals surface area (Å²) in [5, 5.41) is 6.67. The van der Waals surface area contributed by atoms with E-state index in [0.717, 1.165) is 0 Å². The highest BCUT2D eigenvalue weighted by atomic mass is 16.3. The van der Waals surface area contributed by atoms with Gasteiger partial charge in [0.25, 0.3) is 11.8 Å². The number of nitrogen functional groups attached to an aromatic ring is 1. The zero-order chi connectivity index (χ0) is 16.7. The molecule has 3 heterocycles. The van der Waals surface area contributed by atoms with Crippen LogP contribution in [0.4, 0.5) is 5.82 Å². The first-order chi connectivity index (χ1) is 11.6. The van der Waals surface area contributed by atoms with Crippen molar-refractivity contribution in [2.24, 2.45) is 0 Å². The van der Waals surface area contributed by atoms with Gasteiger partial charge in [0.2, 0.25) is 0 Å². The molecule has 0 unspecified atom stereocenters. The predicted octanol–water partition coefficient (Wildman–Crippen LogP) is 1.86. The number of aromatic nitrogens is 2. The van der Waals surface area contributed by atoms with E-state index in [1.165, 1.54) is 17.0 Å². The lowest BCUT2D eigenvalue weighted by atomic mass is 10.0. The SMILES string of the molecule is Nc1c2c(nn1-c1ccccc1)/C(=C\c1ccco1)C(=O)NC2=O. The number of para-hydroxylation sites is 1. The summed E-state index contributed by atoms with van der Waals surface area (Å²) in [4.78, 5) is 24.4. The molecular formula is C17H12N4O3. The molecule has 0 fully saturated rings. The van der Waals surface area contributed by atoms with Crippen LogP contribution in [0.1, 0.15) is 21.8 Å². The average Bonchev–Trinajstić information content (AvgIpc) is 3.20. The van der Waals surface area contributed by atoms with Crippen molar-refractivity contribution in [1.29, 1.82) is 0 Å². The molecule has 1 aromatic carbocycles. The van der Waals surface area contributed by atoms with Gasteiger partial charge in [-0.2, -0.15) is 5.10 Å². The Hall–Kier alpha value is -3.61. The molecule has 0 saturated heterocycles. The molecular weight excluding hydrogens is 308 g/mol. The Morgan fingerprint density at radius 3 is 2.58 bits per heavy atom. The van der Waals surface area contributed by atoms with Crippen LogP contribution in [0, 0.1) is 0 Å². The van der Waals surface area contributed by atoms with Crippen molar-refractivity contribution >= 4 is 29.3 Å². The van der Waals surface area contributed by atoms with E-state index in [0.29, 0.717) is 11.4 Å². The van der Waals surface area contributed by atoms with E-state index in [1.54, 1.807) is 12.1 Å². The van der Waals surface area contributed by atoms with Crippen LogP contribution in [0.3, 0.4) is 0 Å². The minimum absolute atomic E-state index is 0.173. The molecule has 0 aliphatic carbocycles. The standard InChI is InChI=1S/C17H12N4O3/c18-15-13-14(20-21(15)10-5-2-1-3-6-10)12(16(22)19-17(13)23)9-11-7-4-8-24-11/h1-9H,18H2,(H,19,22,23)/b12-9+. The van der Waals surface area contributed by atoms with Crippen LogP contribution in [-0.4, -0.2) is 21.6 Å². The molecule has 24 heavy (non-hydrogen) atoms. The van der Waals surface area contributed by atoms with Crippen LogP contribution in [0.25, 0.3) is 17.3 Å². The van der Waals surface area contributed by atoms with Gasteiger partial charge in [0.05, 0.1) is 17.5 Å². The Balaban J connectivity index is 1.93. The molecule has 3 aromatic rings. The third kappa shape index (κ3) is 2.11. The molecule has 7 heteroatoms. The van der Waals surface area contributed by atoms with Crippen LogP contribution in [0.5, 0.6) is 0 Å². The molecule has 7 nitrogen and oxygen atoms in total. The number of amides is 2. The number of imide groups is 1. The number of nitrogens with zero attached hydrogens (tertiary/aromatic N) is 2. The molecule has 2 aromatic heterocycles. The van der Waals surface area contributed by atoms with E-state index < -0.39 is 11.8 Å². The maximum atomic E-state index is 12.2. The molecule has 0 radical (unpaired) electrons. The first-order valence-corrected chi connectivity index (χ1v) is 7.20. The highest BCUT2D eigenvalue weighted by Gasteiger charge is 2.34. The fraction of sp³-hybridized carbons (Fsp3) is 0. The minimum Gasteiger partial charge on any atom is -0.465 e. The number of nitrogens with one attached hydrogen (secondary N) is 1. The molecule has 0 atom stereocenters. The maximum Gasteiger partial charge on any atom is 0.264 e. The van der Waals surface area contributed by atoms with E-state index in [4.69, 9.17) is 10.2 Å². The second-order valence-corrected chi connectivity index (χ2v) is 5.21. The Labute approximate surface area is 136 Å². The lowest BCUT2D eigenvalue weighted by Crippen LogP contribution is -2.36. The zero-order valence-electron chi connectivity index (χ0n) is 12.4. The summed E-state index contributed by atoms with van der Waals surface area (Å²) in [6.45, 7) is 0. The molecule has 2 amide bonds. The van der Waals surface area contributed by atoms with E-state index >= 15 is 0 Å². The van der Waals surface area contributed by atoms with Gasteiger partial charge in [0.15, 0.2) is 0 Å². The van der Waals surface area contributed by atoms with Gasteiger partial charge in [-0.1, -0.05) is 18.2 Å². The molecule has 3 N–H and O–H groups in total. The van der Waals surface area contributed by atoms with Gasteiger partial charge in [0.1, 0.15) is 22.8 Å². The van der Waals surface area contributed by atoms with Gasteiger partial charge in [-0.05, 0) is 30.3 Å². The lowest BCUT2D eigenvalue weighted by molar-refractivity contribution is -0.114. The van der Waals surface area contributed by atoms with Crippen molar-refractivity contribution in [2.75, 3.05) is 5.73 Å². The maximum absolute atomic E-state index is 12.2. The van der Waals surface area contributed by atoms with Crippen molar-refractivity contribution in [3.05, 3.63) is 65.7 Å². The first kappa shape index (κ1) is 14.0. The fourth-order valence-corrected chi connectivity index (χ4v) is 2.60. The van der Waals surface area contributed by atoms with Crippen LogP contribution < -0.4 is 11.1 Å². The molecule has 0 saturated carbocycles. The van der Waals surface area contributed by atoms with Gasteiger partial charge in [-0.3, -0.25) is 14.9 Å². The zero-order valence-corrected chi connectivity index (χ0v) is 12.4. The van der Waals surface area contributed by atoms with Crippen molar-refractivity contribution in [3.63, 3.8) is 0 Å². The molecule has 118 valence electrons. The summed E-state index contributed by atoms with van der Waals surface area (Å²) in [5.74, 6) is -0.451. The summed E-state index contributed by atoms with van der Waals surface area (Å²) >= 11 is 0. The highest BCUT2D eigenvalue weighted by molar-refractivity contribution is 6.34. The number of carbonyl (C=O) groups is 2. The number of hydrogen-bond acceptors (Lipinski definition) is 5. The largest absolute Gasteiger partial charge is 0.465 e. The van der Waals surface area contributed by atoms with Crippen LogP contribution >= 0.6 is 0 Å². The number of benzene rings is 1. The van der Waals surface area contributed by atoms with E-state index in [2.05, 4.69) is 10.4 Å². The second-order valence-electron chi connectivity index (χ2n) is 5.21. The van der Waals surface area contributed by atoms with E-state index in [-0.39, 0.29) is 22.6 Å². The quantitative estimate of drug-likeness (QED) is 0.554. The molecule has 0 bridgehead atoms. The summed E-state index contributed by atoms with van der Waals surface area (Å²) in [5.41, 5.74) is 7.44. The number of fused-ring (bicyclic) bond motifs is 1. The van der Waals surface area contributed by atoms with Crippen LogP contribution in [0.2, 0.25) is 0 Å². The first-order valence-electron chi connectivity index (χ1n) is 7.20. The Morgan fingerprint density at radius 2 is 1.88 bits per heavy atom. The lowest BCUT2D eigenvalue weighted by Gasteiger charge is -2.13. The van der Waals surface area contributed by atoms with E-state index in [9.17, 15) is 9.59 Å². The second kappa shape index (κ2) is 5.24. The minimum atomic E-state index is -0.564. The Bertz CT molecular complexity index is 969.